The highest BCUT2D eigenvalue weighted by molar-refractivity contribution is 7.15. The molecular formula is C14H24N4S. The number of fused-ring (bicyclic) bond motifs is 1. The van der Waals surface area contributed by atoms with Crippen LogP contribution in [0.15, 0.2) is 0 Å². The van der Waals surface area contributed by atoms with Crippen molar-refractivity contribution in [3.8, 4) is 0 Å². The number of nitrogens with two attached hydrogens (primary N) is 1. The molecule has 0 aromatic carbocycles. The Morgan fingerprint density at radius 3 is 2.68 bits per heavy atom. The Balaban J connectivity index is 1.49. The molecule has 0 bridgehead atoms. The summed E-state index contributed by atoms with van der Waals surface area (Å²) in [5.41, 5.74) is 6.92. The largest absolute Gasteiger partial charge is 0.346 e. The van der Waals surface area contributed by atoms with Crippen LogP contribution in [-0.2, 0) is 12.8 Å². The van der Waals surface area contributed by atoms with E-state index in [-0.39, 0.29) is 0 Å². The average Bonchev–Trinajstić information content (AvgIpc) is 3.01. The number of piperazine rings is 1. The minimum atomic E-state index is 0.824. The zero-order valence-corrected chi connectivity index (χ0v) is 12.4. The number of nitrogens with zero attached hydrogens (tertiary/aromatic N) is 3. The lowest BCUT2D eigenvalue weighted by Crippen LogP contribution is -2.46. The molecule has 1 aromatic rings. The molecule has 1 aliphatic carbocycles. The summed E-state index contributed by atoms with van der Waals surface area (Å²) in [5, 5.41) is 1.27. The molecule has 1 saturated heterocycles. The second-order valence-electron chi connectivity index (χ2n) is 5.54. The van der Waals surface area contributed by atoms with Gasteiger partial charge in [0, 0.05) is 31.1 Å². The molecule has 19 heavy (non-hydrogen) atoms. The molecule has 0 radical (unpaired) electrons. The summed E-state index contributed by atoms with van der Waals surface area (Å²) in [6, 6.07) is 0. The van der Waals surface area contributed by atoms with Gasteiger partial charge >= 0.3 is 0 Å². The number of hydrogen-bond acceptors (Lipinski definition) is 5. The molecule has 2 heterocycles. The van der Waals surface area contributed by atoms with Gasteiger partial charge in [-0.3, -0.25) is 4.90 Å². The van der Waals surface area contributed by atoms with E-state index < -0.39 is 0 Å². The van der Waals surface area contributed by atoms with Crippen LogP contribution in [0.2, 0.25) is 0 Å². The number of thiazole rings is 1. The van der Waals surface area contributed by atoms with Crippen LogP contribution in [-0.4, -0.2) is 49.2 Å². The van der Waals surface area contributed by atoms with Crippen molar-refractivity contribution in [1.82, 2.24) is 9.88 Å². The summed E-state index contributed by atoms with van der Waals surface area (Å²) in [7, 11) is 0. The molecule has 1 aromatic heterocycles. The molecule has 0 saturated carbocycles. The van der Waals surface area contributed by atoms with Gasteiger partial charge in [-0.1, -0.05) is 0 Å². The number of anilines is 1. The number of hydrogen-bond donors (Lipinski definition) is 1. The Morgan fingerprint density at radius 1 is 1.11 bits per heavy atom. The summed E-state index contributed by atoms with van der Waals surface area (Å²) >= 11 is 1.93. The molecule has 3 rings (SSSR count). The van der Waals surface area contributed by atoms with E-state index in [4.69, 9.17) is 10.7 Å². The normalized spacial score (nSPS) is 19.9. The van der Waals surface area contributed by atoms with Crippen molar-refractivity contribution < 1.29 is 0 Å². The molecule has 2 N–H and O–H groups in total. The standard InChI is InChI=1S/C14H24N4S/c15-6-1-2-7-17-8-10-18(11-9-17)14-16-12-4-3-5-13(12)19-14/h1-11,15H2. The highest BCUT2D eigenvalue weighted by Crippen LogP contribution is 2.32. The van der Waals surface area contributed by atoms with Gasteiger partial charge in [0.25, 0.3) is 0 Å². The fourth-order valence-electron chi connectivity index (χ4n) is 2.95. The van der Waals surface area contributed by atoms with Crippen LogP contribution in [0, 0.1) is 0 Å². The third-order valence-corrected chi connectivity index (χ3v) is 5.37. The predicted molar refractivity (Wildman–Crippen MR) is 81.1 cm³/mol. The first-order valence-corrected chi connectivity index (χ1v) is 8.34. The Hall–Kier alpha value is -0.650. The van der Waals surface area contributed by atoms with E-state index in [0.717, 1.165) is 26.1 Å². The molecule has 0 unspecified atom stereocenters. The lowest BCUT2D eigenvalue weighted by Gasteiger charge is -2.34. The molecule has 0 atom stereocenters. The topological polar surface area (TPSA) is 45.4 Å². The van der Waals surface area contributed by atoms with Crippen molar-refractivity contribution in [2.75, 3.05) is 44.2 Å². The van der Waals surface area contributed by atoms with Crippen molar-refractivity contribution in [1.29, 1.82) is 0 Å². The van der Waals surface area contributed by atoms with Crippen molar-refractivity contribution in [2.45, 2.75) is 32.1 Å². The molecule has 4 nitrogen and oxygen atoms in total. The monoisotopic (exact) mass is 280 g/mol. The first-order valence-electron chi connectivity index (χ1n) is 7.53. The smallest absolute Gasteiger partial charge is 0.185 e. The number of unbranched alkanes of at least 4 members (excludes halogenated alkanes) is 1. The van der Waals surface area contributed by atoms with Gasteiger partial charge in [-0.2, -0.15) is 0 Å². The minimum Gasteiger partial charge on any atom is -0.346 e. The second kappa shape index (κ2) is 6.20. The van der Waals surface area contributed by atoms with Crippen LogP contribution >= 0.6 is 11.3 Å². The summed E-state index contributed by atoms with van der Waals surface area (Å²) in [6.07, 6.45) is 6.15. The van der Waals surface area contributed by atoms with Gasteiger partial charge in [-0.05, 0) is 45.2 Å². The highest BCUT2D eigenvalue weighted by Gasteiger charge is 2.22. The predicted octanol–water partition coefficient (Wildman–Crippen LogP) is 1.49. The maximum absolute atomic E-state index is 5.54. The quantitative estimate of drug-likeness (QED) is 0.830. The molecule has 106 valence electrons. The third kappa shape index (κ3) is 3.09. The summed E-state index contributed by atoms with van der Waals surface area (Å²) < 4.78 is 0. The van der Waals surface area contributed by atoms with Gasteiger partial charge in [-0.15, -0.1) is 11.3 Å². The van der Waals surface area contributed by atoms with Crippen molar-refractivity contribution in [3.05, 3.63) is 10.6 Å². The molecule has 0 amide bonds. The van der Waals surface area contributed by atoms with E-state index >= 15 is 0 Å². The maximum Gasteiger partial charge on any atom is 0.185 e. The lowest BCUT2D eigenvalue weighted by molar-refractivity contribution is 0.253. The van der Waals surface area contributed by atoms with Crippen LogP contribution in [0.25, 0.3) is 0 Å². The number of rotatable bonds is 5. The molecule has 1 fully saturated rings. The highest BCUT2D eigenvalue weighted by atomic mass is 32.1. The molecular weight excluding hydrogens is 256 g/mol. The van der Waals surface area contributed by atoms with Crippen molar-refractivity contribution >= 4 is 16.5 Å². The van der Waals surface area contributed by atoms with E-state index in [0.29, 0.717) is 0 Å². The number of aromatic nitrogens is 1. The average molecular weight is 280 g/mol. The maximum atomic E-state index is 5.54. The van der Waals surface area contributed by atoms with Crippen LogP contribution in [0.4, 0.5) is 5.13 Å². The first-order chi connectivity index (χ1) is 9.36. The van der Waals surface area contributed by atoms with Gasteiger partial charge in [0.2, 0.25) is 0 Å². The van der Waals surface area contributed by atoms with E-state index in [1.165, 1.54) is 56.1 Å². The van der Waals surface area contributed by atoms with E-state index in [2.05, 4.69) is 9.80 Å². The molecule has 1 aliphatic heterocycles. The lowest BCUT2D eigenvalue weighted by atomic mass is 10.2. The van der Waals surface area contributed by atoms with Crippen LogP contribution in [0.1, 0.15) is 29.8 Å². The fourth-order valence-corrected chi connectivity index (χ4v) is 4.15. The van der Waals surface area contributed by atoms with Crippen molar-refractivity contribution in [3.63, 3.8) is 0 Å². The third-order valence-electron chi connectivity index (χ3n) is 4.16. The van der Waals surface area contributed by atoms with Gasteiger partial charge < -0.3 is 10.6 Å². The SMILES string of the molecule is NCCCCN1CCN(c2nc3c(s2)CCC3)CC1. The van der Waals surface area contributed by atoms with Crippen LogP contribution in [0.5, 0.6) is 0 Å². The van der Waals surface area contributed by atoms with Gasteiger partial charge in [0.05, 0.1) is 5.69 Å². The van der Waals surface area contributed by atoms with E-state index in [1.807, 2.05) is 11.3 Å². The van der Waals surface area contributed by atoms with E-state index in [1.54, 1.807) is 4.88 Å². The summed E-state index contributed by atoms with van der Waals surface area (Å²) in [4.78, 5) is 11.4. The van der Waals surface area contributed by atoms with Crippen LogP contribution in [0.3, 0.4) is 0 Å². The van der Waals surface area contributed by atoms with Gasteiger partial charge in [0.1, 0.15) is 0 Å². The first kappa shape index (κ1) is 13.3. The van der Waals surface area contributed by atoms with Gasteiger partial charge in [-0.25, -0.2) is 4.98 Å². The van der Waals surface area contributed by atoms with Crippen molar-refractivity contribution in [2.24, 2.45) is 5.73 Å². The van der Waals surface area contributed by atoms with Crippen LogP contribution < -0.4 is 10.6 Å². The number of aryl methyl sites for hydroxylation is 2. The molecule has 0 spiro atoms. The summed E-state index contributed by atoms with van der Waals surface area (Å²) in [5.74, 6) is 0. The second-order valence-corrected chi connectivity index (χ2v) is 6.61. The zero-order chi connectivity index (χ0) is 13.1. The zero-order valence-electron chi connectivity index (χ0n) is 11.6. The Bertz CT molecular complexity index is 388. The van der Waals surface area contributed by atoms with Gasteiger partial charge in [0.15, 0.2) is 5.13 Å². The van der Waals surface area contributed by atoms with E-state index in [9.17, 15) is 0 Å². The molecule has 5 heteroatoms. The fraction of sp³-hybridized carbons (Fsp3) is 0.786. The Morgan fingerprint density at radius 2 is 1.95 bits per heavy atom. The Labute approximate surface area is 119 Å². The Kier molecular flexibility index (Phi) is 4.35. The molecule has 2 aliphatic rings. The minimum absolute atomic E-state index is 0.824. The summed E-state index contributed by atoms with van der Waals surface area (Å²) in [6.45, 7) is 6.65.